The Morgan fingerprint density at radius 3 is 2.53 bits per heavy atom. The van der Waals surface area contributed by atoms with E-state index in [0.29, 0.717) is 4.83 Å². The minimum absolute atomic E-state index is 0.360. The molecule has 2 rings (SSSR count). The maximum absolute atomic E-state index is 5.71. The van der Waals surface area contributed by atoms with Crippen LogP contribution in [0.4, 0.5) is 0 Å². The third-order valence-electron chi connectivity index (χ3n) is 2.75. The number of alkyl halides is 1. The number of benzene rings is 1. The predicted molar refractivity (Wildman–Crippen MR) is 76.3 cm³/mol. The van der Waals surface area contributed by atoms with E-state index in [-0.39, 0.29) is 0 Å². The topological polar surface area (TPSA) is 18.5 Å². The number of hydrogen-bond acceptors (Lipinski definition) is 2. The van der Waals surface area contributed by atoms with Crippen molar-refractivity contribution in [3.63, 3.8) is 0 Å². The molecular formula is C13H16Br2O2. The molecule has 0 fully saturated rings. The van der Waals surface area contributed by atoms with Gasteiger partial charge in [0.2, 0.25) is 0 Å². The van der Waals surface area contributed by atoms with E-state index in [9.17, 15) is 0 Å². The lowest BCUT2D eigenvalue weighted by molar-refractivity contribution is 0.297. The molecule has 2 nitrogen and oxygen atoms in total. The fraction of sp³-hybridized carbons (Fsp3) is 0.538. The Morgan fingerprint density at radius 1 is 1.24 bits per heavy atom. The van der Waals surface area contributed by atoms with Crippen molar-refractivity contribution in [1.29, 1.82) is 0 Å². The van der Waals surface area contributed by atoms with Gasteiger partial charge in [0.15, 0.2) is 11.5 Å². The third kappa shape index (κ3) is 3.16. The van der Waals surface area contributed by atoms with Crippen LogP contribution in [0.3, 0.4) is 0 Å². The van der Waals surface area contributed by atoms with E-state index in [1.807, 2.05) is 6.07 Å². The Kier molecular flexibility index (Phi) is 4.74. The number of hydrogen-bond donors (Lipinski definition) is 0. The van der Waals surface area contributed by atoms with E-state index in [2.05, 4.69) is 44.8 Å². The van der Waals surface area contributed by atoms with E-state index >= 15 is 0 Å². The fourth-order valence-corrected chi connectivity index (χ4v) is 3.59. The van der Waals surface area contributed by atoms with Crippen molar-refractivity contribution < 1.29 is 9.47 Å². The molecule has 1 unspecified atom stereocenters. The molecule has 1 aromatic carbocycles. The van der Waals surface area contributed by atoms with Crippen molar-refractivity contribution in [3.05, 3.63) is 22.2 Å². The maximum Gasteiger partial charge on any atom is 0.162 e. The molecule has 17 heavy (non-hydrogen) atoms. The second-order valence-electron chi connectivity index (χ2n) is 4.13. The molecule has 0 bridgehead atoms. The molecule has 4 heteroatoms. The smallest absolute Gasteiger partial charge is 0.162 e. The van der Waals surface area contributed by atoms with E-state index in [1.54, 1.807) is 0 Å². The molecule has 0 amide bonds. The lowest BCUT2D eigenvalue weighted by Crippen LogP contribution is -1.97. The lowest BCUT2D eigenvalue weighted by Gasteiger charge is -2.15. The molecule has 1 aromatic rings. The first kappa shape index (κ1) is 13.2. The first-order valence-electron chi connectivity index (χ1n) is 5.95. The van der Waals surface area contributed by atoms with Gasteiger partial charge in [-0.1, -0.05) is 45.2 Å². The predicted octanol–water partition coefficient (Wildman–Crippen LogP) is 4.85. The highest BCUT2D eigenvalue weighted by atomic mass is 79.9. The van der Waals surface area contributed by atoms with E-state index in [0.717, 1.165) is 48.4 Å². The molecule has 0 aliphatic carbocycles. The molecule has 1 atom stereocenters. The molecular weight excluding hydrogens is 348 g/mol. The van der Waals surface area contributed by atoms with Crippen LogP contribution >= 0.6 is 31.9 Å². The Hall–Kier alpha value is -0.220. The molecule has 94 valence electrons. The summed E-state index contributed by atoms with van der Waals surface area (Å²) in [6.45, 7) is 3.64. The summed E-state index contributed by atoms with van der Waals surface area (Å²) < 4.78 is 12.4. The molecule has 0 saturated carbocycles. The zero-order valence-corrected chi connectivity index (χ0v) is 13.0. The monoisotopic (exact) mass is 362 g/mol. The normalized spacial score (nSPS) is 16.4. The van der Waals surface area contributed by atoms with E-state index < -0.39 is 0 Å². The van der Waals surface area contributed by atoms with Crippen LogP contribution in [0.2, 0.25) is 0 Å². The molecule has 1 heterocycles. The van der Waals surface area contributed by atoms with Gasteiger partial charge in [-0.25, -0.2) is 0 Å². The summed E-state index contributed by atoms with van der Waals surface area (Å²) in [5.41, 5.74) is 1.23. The first-order valence-corrected chi connectivity index (χ1v) is 7.66. The Labute approximate surface area is 119 Å². The van der Waals surface area contributed by atoms with Crippen LogP contribution in [0, 0.1) is 0 Å². The highest BCUT2D eigenvalue weighted by Gasteiger charge is 2.17. The Bertz CT molecular complexity index is 393. The van der Waals surface area contributed by atoms with Gasteiger partial charge in [0.05, 0.1) is 13.2 Å². The number of fused-ring (bicyclic) bond motifs is 1. The molecule has 0 radical (unpaired) electrons. The summed E-state index contributed by atoms with van der Waals surface area (Å²) in [6, 6.07) is 4.10. The average molecular weight is 364 g/mol. The summed E-state index contributed by atoms with van der Waals surface area (Å²) in [4.78, 5) is 0.360. The van der Waals surface area contributed by atoms with Crippen LogP contribution in [-0.2, 0) is 0 Å². The van der Waals surface area contributed by atoms with Gasteiger partial charge < -0.3 is 9.47 Å². The van der Waals surface area contributed by atoms with Crippen molar-refractivity contribution >= 4 is 31.9 Å². The van der Waals surface area contributed by atoms with Crippen LogP contribution in [-0.4, -0.2) is 13.2 Å². The van der Waals surface area contributed by atoms with Gasteiger partial charge in [-0.3, -0.25) is 0 Å². The van der Waals surface area contributed by atoms with Gasteiger partial charge in [0.25, 0.3) is 0 Å². The maximum atomic E-state index is 5.71. The Morgan fingerprint density at radius 2 is 1.88 bits per heavy atom. The SMILES string of the molecule is CCCC(Br)c1cc2c(cc1Br)OCCCO2. The van der Waals surface area contributed by atoms with Crippen molar-refractivity contribution in [2.75, 3.05) is 13.2 Å². The van der Waals surface area contributed by atoms with Crippen LogP contribution < -0.4 is 9.47 Å². The summed E-state index contributed by atoms with van der Waals surface area (Å²) in [6.07, 6.45) is 3.20. The summed E-state index contributed by atoms with van der Waals surface area (Å²) in [5, 5.41) is 0. The summed E-state index contributed by atoms with van der Waals surface area (Å²) in [5.74, 6) is 1.70. The molecule has 0 aromatic heterocycles. The van der Waals surface area contributed by atoms with Crippen molar-refractivity contribution in [2.24, 2.45) is 0 Å². The zero-order valence-electron chi connectivity index (χ0n) is 9.84. The summed E-state index contributed by atoms with van der Waals surface area (Å²) >= 11 is 7.32. The minimum atomic E-state index is 0.360. The number of halogens is 2. The molecule has 1 aliphatic heterocycles. The zero-order chi connectivity index (χ0) is 12.3. The van der Waals surface area contributed by atoms with Crippen molar-refractivity contribution in [1.82, 2.24) is 0 Å². The first-order chi connectivity index (χ1) is 8.22. The fourth-order valence-electron chi connectivity index (χ4n) is 1.85. The van der Waals surface area contributed by atoms with E-state index in [4.69, 9.17) is 9.47 Å². The highest BCUT2D eigenvalue weighted by molar-refractivity contribution is 9.11. The quantitative estimate of drug-likeness (QED) is 0.715. The highest BCUT2D eigenvalue weighted by Crippen LogP contribution is 2.41. The number of rotatable bonds is 3. The van der Waals surface area contributed by atoms with Crippen LogP contribution in [0.5, 0.6) is 11.5 Å². The standard InChI is InChI=1S/C13H16Br2O2/c1-2-4-10(14)9-7-12-13(8-11(9)15)17-6-3-5-16-12/h7-8,10H,2-6H2,1H3. The summed E-state index contributed by atoms with van der Waals surface area (Å²) in [7, 11) is 0. The van der Waals surface area contributed by atoms with Gasteiger partial charge in [-0.15, -0.1) is 0 Å². The van der Waals surface area contributed by atoms with Crippen LogP contribution in [0.25, 0.3) is 0 Å². The second-order valence-corrected chi connectivity index (χ2v) is 6.09. The Balaban J connectivity index is 2.31. The molecule has 0 N–H and O–H groups in total. The van der Waals surface area contributed by atoms with Gasteiger partial charge in [0.1, 0.15) is 0 Å². The lowest BCUT2D eigenvalue weighted by atomic mass is 10.1. The van der Waals surface area contributed by atoms with Gasteiger partial charge >= 0.3 is 0 Å². The van der Waals surface area contributed by atoms with Crippen LogP contribution in [0.15, 0.2) is 16.6 Å². The largest absolute Gasteiger partial charge is 0.490 e. The number of ether oxygens (including phenoxy) is 2. The van der Waals surface area contributed by atoms with Crippen molar-refractivity contribution in [2.45, 2.75) is 31.0 Å². The second kappa shape index (κ2) is 6.10. The average Bonchev–Trinajstić information content (AvgIpc) is 2.52. The molecule has 0 spiro atoms. The van der Waals surface area contributed by atoms with Gasteiger partial charge in [0, 0.05) is 15.7 Å². The molecule has 1 aliphatic rings. The third-order valence-corrected chi connectivity index (χ3v) is 4.38. The van der Waals surface area contributed by atoms with Crippen molar-refractivity contribution in [3.8, 4) is 11.5 Å². The van der Waals surface area contributed by atoms with Gasteiger partial charge in [-0.2, -0.15) is 0 Å². The van der Waals surface area contributed by atoms with Crippen LogP contribution in [0.1, 0.15) is 36.6 Å². The molecule has 0 saturated heterocycles. The van der Waals surface area contributed by atoms with Gasteiger partial charge in [-0.05, 0) is 24.1 Å². The van der Waals surface area contributed by atoms with E-state index in [1.165, 1.54) is 5.56 Å². The minimum Gasteiger partial charge on any atom is -0.490 e.